The summed E-state index contributed by atoms with van der Waals surface area (Å²) in [6.45, 7) is 0.0718. The topological polar surface area (TPSA) is 75.7 Å². The summed E-state index contributed by atoms with van der Waals surface area (Å²) in [6, 6.07) is 12.2. The van der Waals surface area contributed by atoms with E-state index >= 15 is 0 Å². The standard InChI is InChI=1S/C19H17FN2O4/c20-15-7-1-2-8-16(15)21-17(23)12-26-19(25)13-5-3-6-14(11-13)22-10-4-9-18(22)24/h1-3,5-8,11H,4,9-10,12H2,(H,21,23). The Morgan fingerprint density at radius 2 is 1.96 bits per heavy atom. The molecule has 0 aromatic heterocycles. The van der Waals surface area contributed by atoms with Crippen molar-refractivity contribution in [2.75, 3.05) is 23.4 Å². The summed E-state index contributed by atoms with van der Waals surface area (Å²) in [5.74, 6) is -1.90. The molecule has 0 spiro atoms. The quantitative estimate of drug-likeness (QED) is 0.836. The van der Waals surface area contributed by atoms with E-state index in [9.17, 15) is 18.8 Å². The second-order valence-electron chi connectivity index (χ2n) is 5.80. The Labute approximate surface area is 149 Å². The number of ether oxygens (including phenoxy) is 1. The number of hydrogen-bond donors (Lipinski definition) is 1. The van der Waals surface area contributed by atoms with Crippen LogP contribution in [0.4, 0.5) is 15.8 Å². The molecule has 2 amide bonds. The van der Waals surface area contributed by atoms with Gasteiger partial charge in [-0.3, -0.25) is 9.59 Å². The number of benzene rings is 2. The van der Waals surface area contributed by atoms with Gasteiger partial charge in [-0.1, -0.05) is 18.2 Å². The van der Waals surface area contributed by atoms with Crippen LogP contribution >= 0.6 is 0 Å². The maximum absolute atomic E-state index is 13.5. The van der Waals surface area contributed by atoms with Crippen molar-refractivity contribution in [3.05, 3.63) is 59.9 Å². The molecule has 0 bridgehead atoms. The van der Waals surface area contributed by atoms with Gasteiger partial charge in [0.1, 0.15) is 5.82 Å². The number of nitrogens with zero attached hydrogens (tertiary/aromatic N) is 1. The Bertz CT molecular complexity index is 853. The maximum atomic E-state index is 13.5. The molecule has 1 aliphatic rings. The molecule has 134 valence electrons. The highest BCUT2D eigenvalue weighted by Crippen LogP contribution is 2.22. The number of carbonyl (C=O) groups is 3. The van der Waals surface area contributed by atoms with Gasteiger partial charge in [0, 0.05) is 18.7 Å². The van der Waals surface area contributed by atoms with E-state index in [1.807, 2.05) is 0 Å². The van der Waals surface area contributed by atoms with Crippen molar-refractivity contribution in [3.63, 3.8) is 0 Å². The minimum absolute atomic E-state index is 0.0137. The van der Waals surface area contributed by atoms with Crippen LogP contribution in [0.15, 0.2) is 48.5 Å². The number of halogens is 1. The van der Waals surface area contributed by atoms with Gasteiger partial charge in [-0.2, -0.15) is 0 Å². The van der Waals surface area contributed by atoms with E-state index in [0.29, 0.717) is 18.7 Å². The van der Waals surface area contributed by atoms with Crippen molar-refractivity contribution in [1.29, 1.82) is 0 Å². The Hall–Kier alpha value is -3.22. The molecule has 0 aliphatic carbocycles. The predicted molar refractivity (Wildman–Crippen MR) is 93.3 cm³/mol. The van der Waals surface area contributed by atoms with Crippen LogP contribution in [0, 0.1) is 5.82 Å². The molecule has 0 unspecified atom stereocenters. The second-order valence-corrected chi connectivity index (χ2v) is 5.80. The van der Waals surface area contributed by atoms with Gasteiger partial charge in [-0.05, 0) is 36.8 Å². The lowest BCUT2D eigenvalue weighted by Gasteiger charge is -2.16. The van der Waals surface area contributed by atoms with Crippen LogP contribution in [-0.4, -0.2) is 30.9 Å². The van der Waals surface area contributed by atoms with Gasteiger partial charge in [-0.15, -0.1) is 0 Å². The molecule has 1 saturated heterocycles. The fraction of sp³-hybridized carbons (Fsp3) is 0.211. The zero-order chi connectivity index (χ0) is 18.5. The summed E-state index contributed by atoms with van der Waals surface area (Å²) >= 11 is 0. The van der Waals surface area contributed by atoms with Crippen LogP contribution in [-0.2, 0) is 14.3 Å². The molecule has 3 rings (SSSR count). The summed E-state index contributed by atoms with van der Waals surface area (Å²) in [5.41, 5.74) is 0.877. The third-order valence-corrected chi connectivity index (χ3v) is 3.95. The van der Waals surface area contributed by atoms with Crippen molar-refractivity contribution in [3.8, 4) is 0 Å². The van der Waals surface area contributed by atoms with Gasteiger partial charge in [0.25, 0.3) is 5.91 Å². The first-order chi connectivity index (χ1) is 12.5. The van der Waals surface area contributed by atoms with Gasteiger partial charge in [0.15, 0.2) is 6.61 Å². The third-order valence-electron chi connectivity index (χ3n) is 3.95. The van der Waals surface area contributed by atoms with Gasteiger partial charge in [0.05, 0.1) is 11.3 Å². The minimum atomic E-state index is -0.692. The highest BCUT2D eigenvalue weighted by molar-refractivity contribution is 5.98. The largest absolute Gasteiger partial charge is 0.452 e. The molecule has 0 atom stereocenters. The number of amides is 2. The van der Waals surface area contributed by atoms with Crippen molar-refractivity contribution in [1.82, 2.24) is 0 Å². The van der Waals surface area contributed by atoms with Crippen LogP contribution in [0.25, 0.3) is 0 Å². The fourth-order valence-corrected chi connectivity index (χ4v) is 2.69. The average Bonchev–Trinajstić information content (AvgIpc) is 3.08. The first-order valence-corrected chi connectivity index (χ1v) is 8.16. The first-order valence-electron chi connectivity index (χ1n) is 8.16. The van der Waals surface area contributed by atoms with Crippen LogP contribution < -0.4 is 10.2 Å². The number of anilines is 2. The van der Waals surface area contributed by atoms with Gasteiger partial charge in [0.2, 0.25) is 5.91 Å². The van der Waals surface area contributed by atoms with E-state index in [1.165, 1.54) is 18.2 Å². The zero-order valence-electron chi connectivity index (χ0n) is 13.9. The third kappa shape index (κ3) is 4.05. The highest BCUT2D eigenvalue weighted by Gasteiger charge is 2.22. The Morgan fingerprint density at radius 3 is 2.69 bits per heavy atom. The second kappa shape index (κ2) is 7.77. The summed E-state index contributed by atoms with van der Waals surface area (Å²) < 4.78 is 18.5. The van der Waals surface area contributed by atoms with Crippen molar-refractivity contribution in [2.24, 2.45) is 0 Å². The lowest BCUT2D eigenvalue weighted by molar-refractivity contribution is -0.119. The Balaban J connectivity index is 1.59. The zero-order valence-corrected chi connectivity index (χ0v) is 13.9. The number of para-hydroxylation sites is 1. The van der Waals surface area contributed by atoms with E-state index in [1.54, 1.807) is 35.2 Å². The van der Waals surface area contributed by atoms with E-state index in [2.05, 4.69) is 5.32 Å². The van der Waals surface area contributed by atoms with Gasteiger partial charge in [-0.25, -0.2) is 9.18 Å². The molecular weight excluding hydrogens is 339 g/mol. The smallest absolute Gasteiger partial charge is 0.338 e. The molecule has 1 heterocycles. The molecule has 2 aromatic carbocycles. The lowest BCUT2D eigenvalue weighted by Crippen LogP contribution is -2.24. The van der Waals surface area contributed by atoms with Crippen LogP contribution in [0.2, 0.25) is 0 Å². The van der Waals surface area contributed by atoms with E-state index in [-0.39, 0.29) is 17.2 Å². The molecule has 1 N–H and O–H groups in total. The number of hydrogen-bond acceptors (Lipinski definition) is 4. The number of carbonyl (C=O) groups excluding carboxylic acids is 3. The Morgan fingerprint density at radius 1 is 1.15 bits per heavy atom. The van der Waals surface area contributed by atoms with Crippen LogP contribution in [0.5, 0.6) is 0 Å². The number of nitrogens with one attached hydrogen (secondary N) is 1. The van der Waals surface area contributed by atoms with Gasteiger partial charge >= 0.3 is 5.97 Å². The van der Waals surface area contributed by atoms with E-state index < -0.39 is 24.3 Å². The molecule has 1 aliphatic heterocycles. The minimum Gasteiger partial charge on any atom is -0.452 e. The van der Waals surface area contributed by atoms with Crippen molar-refractivity contribution >= 4 is 29.2 Å². The van der Waals surface area contributed by atoms with Crippen molar-refractivity contribution < 1.29 is 23.5 Å². The molecule has 2 aromatic rings. The highest BCUT2D eigenvalue weighted by atomic mass is 19.1. The fourth-order valence-electron chi connectivity index (χ4n) is 2.69. The molecule has 7 heteroatoms. The molecule has 6 nitrogen and oxygen atoms in total. The van der Waals surface area contributed by atoms with Crippen LogP contribution in [0.1, 0.15) is 23.2 Å². The molecule has 0 saturated carbocycles. The normalized spacial score (nSPS) is 13.6. The van der Waals surface area contributed by atoms with Gasteiger partial charge < -0.3 is 15.0 Å². The molecule has 1 fully saturated rings. The number of esters is 1. The maximum Gasteiger partial charge on any atom is 0.338 e. The predicted octanol–water partition coefficient (Wildman–Crippen LogP) is 2.75. The summed E-state index contributed by atoms with van der Waals surface area (Å²) in [5, 5.41) is 2.33. The molecular formula is C19H17FN2O4. The Kier molecular flexibility index (Phi) is 5.26. The SMILES string of the molecule is O=C(COC(=O)c1cccc(N2CCCC2=O)c1)Nc1ccccc1F. The summed E-state index contributed by atoms with van der Waals surface area (Å²) in [6.07, 6.45) is 1.27. The van der Waals surface area contributed by atoms with E-state index in [4.69, 9.17) is 4.74 Å². The summed E-state index contributed by atoms with van der Waals surface area (Å²) in [4.78, 5) is 37.4. The van der Waals surface area contributed by atoms with E-state index in [0.717, 1.165) is 6.42 Å². The molecule has 26 heavy (non-hydrogen) atoms. The van der Waals surface area contributed by atoms with Crippen molar-refractivity contribution in [2.45, 2.75) is 12.8 Å². The molecule has 0 radical (unpaired) electrons. The lowest BCUT2D eigenvalue weighted by atomic mass is 10.2. The first kappa shape index (κ1) is 17.6. The summed E-state index contributed by atoms with van der Waals surface area (Å²) in [7, 11) is 0. The monoisotopic (exact) mass is 356 g/mol. The average molecular weight is 356 g/mol. The number of rotatable bonds is 5. The van der Waals surface area contributed by atoms with Crippen LogP contribution in [0.3, 0.4) is 0 Å².